The molecule has 0 bridgehead atoms. The van der Waals surface area contributed by atoms with Crippen molar-refractivity contribution in [2.75, 3.05) is 32.7 Å². The van der Waals surface area contributed by atoms with Gasteiger partial charge in [-0.2, -0.15) is 0 Å². The maximum Gasteiger partial charge on any atom is 0.277 e. The predicted octanol–water partition coefficient (Wildman–Crippen LogP) is 2.07. The van der Waals surface area contributed by atoms with Crippen molar-refractivity contribution >= 4 is 17.5 Å². The van der Waals surface area contributed by atoms with Gasteiger partial charge in [0.05, 0.1) is 6.54 Å². The third kappa shape index (κ3) is 3.60. The average Bonchev–Trinajstić information content (AvgIpc) is 2.97. The summed E-state index contributed by atoms with van der Waals surface area (Å²) < 4.78 is 1.57. The van der Waals surface area contributed by atoms with Crippen molar-refractivity contribution < 1.29 is 4.79 Å². The minimum Gasteiger partial charge on any atom is -0.335 e. The van der Waals surface area contributed by atoms with Gasteiger partial charge in [0.15, 0.2) is 10.8 Å². The lowest BCUT2D eigenvalue weighted by Crippen LogP contribution is -2.48. The van der Waals surface area contributed by atoms with E-state index in [9.17, 15) is 4.79 Å². The van der Waals surface area contributed by atoms with E-state index >= 15 is 0 Å². The van der Waals surface area contributed by atoms with Crippen molar-refractivity contribution in [3.63, 3.8) is 0 Å². The number of hydrogen-bond donors (Lipinski definition) is 0. The van der Waals surface area contributed by atoms with Crippen molar-refractivity contribution in [2.24, 2.45) is 0 Å². The molecule has 0 saturated carbocycles. The van der Waals surface area contributed by atoms with E-state index in [-0.39, 0.29) is 11.6 Å². The molecule has 0 N–H and O–H groups in total. The second-order valence-corrected chi connectivity index (χ2v) is 6.46. The Morgan fingerprint density at radius 1 is 1.17 bits per heavy atom. The Hall–Kier alpha value is -1.92. The summed E-state index contributed by atoms with van der Waals surface area (Å²) in [5.74, 6) is -0.133. The van der Waals surface area contributed by atoms with E-state index in [1.54, 1.807) is 9.58 Å². The van der Waals surface area contributed by atoms with Crippen LogP contribution in [-0.2, 0) is 6.54 Å². The smallest absolute Gasteiger partial charge is 0.277 e. The fourth-order valence-electron chi connectivity index (χ4n) is 2.82. The van der Waals surface area contributed by atoms with Crippen molar-refractivity contribution in [2.45, 2.75) is 20.4 Å². The number of nitrogens with zero attached hydrogens (tertiary/aromatic N) is 5. The summed E-state index contributed by atoms with van der Waals surface area (Å²) in [6.45, 7) is 8.86. The fraction of sp³-hybridized carbons (Fsp3) is 0.471. The zero-order valence-electron chi connectivity index (χ0n) is 14.1. The molecule has 0 spiro atoms. The van der Waals surface area contributed by atoms with Gasteiger partial charge in [0.2, 0.25) is 0 Å². The Balaban J connectivity index is 1.70. The molecule has 1 aliphatic heterocycles. The molecule has 0 unspecified atom stereocenters. The molecule has 1 aromatic heterocycles. The minimum atomic E-state index is -0.133. The summed E-state index contributed by atoms with van der Waals surface area (Å²) in [4.78, 5) is 16.8. The summed E-state index contributed by atoms with van der Waals surface area (Å²) in [5, 5.41) is 8.38. The minimum absolute atomic E-state index is 0.133. The van der Waals surface area contributed by atoms with E-state index in [1.807, 2.05) is 31.2 Å². The van der Waals surface area contributed by atoms with E-state index in [0.717, 1.165) is 25.2 Å². The molecule has 128 valence electrons. The largest absolute Gasteiger partial charge is 0.335 e. The maximum absolute atomic E-state index is 12.6. The summed E-state index contributed by atoms with van der Waals surface area (Å²) >= 11 is 6.36. The van der Waals surface area contributed by atoms with Crippen LogP contribution in [0.5, 0.6) is 0 Å². The SMILES string of the molecule is CCN1CCN(C(=O)c2nnn(Cc3ccc(C)cc3)c2Cl)CC1. The van der Waals surface area contributed by atoms with Crippen LogP contribution < -0.4 is 0 Å². The second-order valence-electron chi connectivity index (χ2n) is 6.10. The Bertz CT molecular complexity index is 704. The van der Waals surface area contributed by atoms with Crippen LogP contribution in [0, 0.1) is 6.92 Å². The van der Waals surface area contributed by atoms with Crippen LogP contribution in [0.3, 0.4) is 0 Å². The van der Waals surface area contributed by atoms with Crippen LogP contribution >= 0.6 is 11.6 Å². The quantitative estimate of drug-likeness (QED) is 0.849. The Kier molecular flexibility index (Phi) is 5.16. The molecule has 1 fully saturated rings. The second kappa shape index (κ2) is 7.32. The lowest BCUT2D eigenvalue weighted by Gasteiger charge is -2.33. The molecule has 2 aromatic rings. The van der Waals surface area contributed by atoms with Crippen LogP contribution in [0.4, 0.5) is 0 Å². The third-order valence-corrected chi connectivity index (χ3v) is 4.81. The normalized spacial score (nSPS) is 15.7. The molecule has 1 aliphatic rings. The van der Waals surface area contributed by atoms with Crippen molar-refractivity contribution in [1.82, 2.24) is 24.8 Å². The van der Waals surface area contributed by atoms with Gasteiger partial charge < -0.3 is 9.80 Å². The molecule has 0 aliphatic carbocycles. The number of likely N-dealkylation sites (N-methyl/N-ethyl adjacent to an activating group) is 1. The van der Waals surface area contributed by atoms with Crippen LogP contribution in [0.15, 0.2) is 24.3 Å². The van der Waals surface area contributed by atoms with Crippen LogP contribution in [0.25, 0.3) is 0 Å². The van der Waals surface area contributed by atoms with E-state index in [4.69, 9.17) is 11.6 Å². The average molecular weight is 348 g/mol. The molecular weight excluding hydrogens is 326 g/mol. The number of rotatable bonds is 4. The highest BCUT2D eigenvalue weighted by Gasteiger charge is 2.26. The highest BCUT2D eigenvalue weighted by atomic mass is 35.5. The van der Waals surface area contributed by atoms with Gasteiger partial charge in [-0.15, -0.1) is 5.10 Å². The topological polar surface area (TPSA) is 54.3 Å². The lowest BCUT2D eigenvalue weighted by atomic mass is 10.1. The predicted molar refractivity (Wildman–Crippen MR) is 93.3 cm³/mol. The first-order valence-electron chi connectivity index (χ1n) is 8.24. The van der Waals surface area contributed by atoms with Gasteiger partial charge in [-0.05, 0) is 19.0 Å². The maximum atomic E-state index is 12.6. The fourth-order valence-corrected chi connectivity index (χ4v) is 3.03. The molecule has 1 saturated heterocycles. The first-order valence-corrected chi connectivity index (χ1v) is 8.62. The summed E-state index contributed by atoms with van der Waals surface area (Å²) in [6.07, 6.45) is 0. The van der Waals surface area contributed by atoms with E-state index in [2.05, 4.69) is 22.1 Å². The Morgan fingerprint density at radius 3 is 2.46 bits per heavy atom. The van der Waals surface area contributed by atoms with Gasteiger partial charge in [-0.1, -0.05) is 53.6 Å². The molecular formula is C17H22ClN5O. The van der Waals surface area contributed by atoms with Gasteiger partial charge in [-0.3, -0.25) is 4.79 Å². The molecule has 24 heavy (non-hydrogen) atoms. The number of carbonyl (C=O) groups excluding carboxylic acids is 1. The van der Waals surface area contributed by atoms with E-state index < -0.39 is 0 Å². The molecule has 1 amide bonds. The van der Waals surface area contributed by atoms with Crippen LogP contribution in [0.1, 0.15) is 28.5 Å². The van der Waals surface area contributed by atoms with Gasteiger partial charge >= 0.3 is 0 Å². The van der Waals surface area contributed by atoms with E-state index in [1.165, 1.54) is 5.56 Å². The molecule has 0 radical (unpaired) electrons. The summed E-state index contributed by atoms with van der Waals surface area (Å²) in [6, 6.07) is 8.14. The number of carbonyl (C=O) groups is 1. The lowest BCUT2D eigenvalue weighted by molar-refractivity contribution is 0.0637. The molecule has 2 heterocycles. The number of hydrogen-bond acceptors (Lipinski definition) is 4. The number of aryl methyl sites for hydroxylation is 1. The molecule has 0 atom stereocenters. The van der Waals surface area contributed by atoms with Gasteiger partial charge in [-0.25, -0.2) is 4.68 Å². The van der Waals surface area contributed by atoms with Gasteiger partial charge in [0.1, 0.15) is 0 Å². The molecule has 3 rings (SSSR count). The van der Waals surface area contributed by atoms with Crippen molar-refractivity contribution in [3.05, 3.63) is 46.2 Å². The highest BCUT2D eigenvalue weighted by molar-refractivity contribution is 6.32. The highest BCUT2D eigenvalue weighted by Crippen LogP contribution is 2.18. The standard InChI is InChI=1S/C17H22ClN5O/c1-3-21-8-10-22(11-9-21)17(24)15-16(18)23(20-19-15)12-14-6-4-13(2)5-7-14/h4-7H,3,8-12H2,1-2H3. The molecule has 1 aromatic carbocycles. The number of aromatic nitrogens is 3. The number of halogens is 1. The third-order valence-electron chi connectivity index (χ3n) is 4.44. The van der Waals surface area contributed by atoms with Crippen molar-refractivity contribution in [1.29, 1.82) is 0 Å². The monoisotopic (exact) mass is 347 g/mol. The zero-order chi connectivity index (χ0) is 17.1. The van der Waals surface area contributed by atoms with Crippen molar-refractivity contribution in [3.8, 4) is 0 Å². The first kappa shape index (κ1) is 16.9. The van der Waals surface area contributed by atoms with Crippen LogP contribution in [-0.4, -0.2) is 63.4 Å². The first-order chi connectivity index (χ1) is 11.6. The zero-order valence-corrected chi connectivity index (χ0v) is 14.8. The number of benzene rings is 1. The van der Waals surface area contributed by atoms with Gasteiger partial charge in [0.25, 0.3) is 5.91 Å². The van der Waals surface area contributed by atoms with Gasteiger partial charge in [0, 0.05) is 26.2 Å². The summed E-state index contributed by atoms with van der Waals surface area (Å²) in [7, 11) is 0. The number of piperazine rings is 1. The van der Waals surface area contributed by atoms with E-state index in [0.29, 0.717) is 24.8 Å². The Labute approximate surface area is 147 Å². The molecule has 7 heteroatoms. The number of amides is 1. The Morgan fingerprint density at radius 2 is 1.83 bits per heavy atom. The molecule has 6 nitrogen and oxygen atoms in total. The van der Waals surface area contributed by atoms with Crippen LogP contribution in [0.2, 0.25) is 5.15 Å². The summed E-state index contributed by atoms with van der Waals surface area (Å²) in [5.41, 5.74) is 2.52.